The zero-order valence-corrected chi connectivity index (χ0v) is 11.7. The van der Waals surface area contributed by atoms with Crippen molar-refractivity contribution in [2.24, 2.45) is 0 Å². The number of rotatable bonds is 5. The first kappa shape index (κ1) is 14.5. The topological polar surface area (TPSA) is 15.3 Å². The minimum Gasteiger partial charge on any atom is -0.378 e. The fourth-order valence-electron chi connectivity index (χ4n) is 1.92. The third kappa shape index (κ3) is 3.78. The van der Waals surface area contributed by atoms with E-state index in [1.165, 1.54) is 12.1 Å². The van der Waals surface area contributed by atoms with Crippen LogP contribution in [0.4, 0.5) is 14.5 Å². The van der Waals surface area contributed by atoms with Gasteiger partial charge in [0.05, 0.1) is 0 Å². The molecule has 0 atom stereocenters. The molecule has 0 saturated carbocycles. The van der Waals surface area contributed by atoms with Gasteiger partial charge in [0.15, 0.2) is 0 Å². The molecule has 0 aliphatic heterocycles. The molecule has 0 aliphatic carbocycles. The number of halogens is 2. The van der Waals surface area contributed by atoms with E-state index in [2.05, 4.69) is 5.32 Å². The maximum atomic E-state index is 13.4. The smallest absolute Gasteiger partial charge is 0.130 e. The number of hydrogen-bond donors (Lipinski definition) is 1. The highest BCUT2D eigenvalue weighted by Gasteiger charge is 2.03. The predicted molar refractivity (Wildman–Crippen MR) is 77.7 cm³/mol. The van der Waals surface area contributed by atoms with Gasteiger partial charge in [-0.3, -0.25) is 0 Å². The van der Waals surface area contributed by atoms with Gasteiger partial charge >= 0.3 is 0 Å². The lowest BCUT2D eigenvalue weighted by Crippen LogP contribution is -2.14. The second-order valence-electron chi connectivity index (χ2n) is 4.90. The van der Waals surface area contributed by atoms with E-state index in [1.807, 2.05) is 43.3 Å². The molecular weight excluding hydrogens is 258 g/mol. The molecule has 0 heterocycles. The molecule has 0 aliphatic rings. The van der Waals surface area contributed by atoms with E-state index in [0.717, 1.165) is 17.3 Å². The van der Waals surface area contributed by atoms with E-state index in [-0.39, 0.29) is 0 Å². The third-order valence-electron chi connectivity index (χ3n) is 3.11. The standard InChI is InChI=1S/C16H18F2N2/c1-20(2)15-7-3-12(4-8-15)10-19-11-13-5-6-14(17)9-16(13)18/h3-9,19H,10-11H2,1-2H3. The Balaban J connectivity index is 1.89. The Bertz CT molecular complexity index is 565. The molecule has 1 N–H and O–H groups in total. The first-order valence-corrected chi connectivity index (χ1v) is 6.47. The van der Waals surface area contributed by atoms with E-state index in [0.29, 0.717) is 18.7 Å². The van der Waals surface area contributed by atoms with Crippen molar-refractivity contribution >= 4 is 5.69 Å². The van der Waals surface area contributed by atoms with Crippen molar-refractivity contribution in [3.8, 4) is 0 Å². The molecule has 2 rings (SSSR count). The molecule has 0 spiro atoms. The van der Waals surface area contributed by atoms with Crippen LogP contribution in [0.25, 0.3) is 0 Å². The van der Waals surface area contributed by atoms with E-state index >= 15 is 0 Å². The maximum absolute atomic E-state index is 13.4. The average molecular weight is 276 g/mol. The highest BCUT2D eigenvalue weighted by molar-refractivity contribution is 5.45. The van der Waals surface area contributed by atoms with E-state index < -0.39 is 11.6 Å². The molecular formula is C16H18F2N2. The maximum Gasteiger partial charge on any atom is 0.130 e. The Kier molecular flexibility index (Phi) is 4.69. The van der Waals surface area contributed by atoms with Crippen LogP contribution in [0.5, 0.6) is 0 Å². The normalized spacial score (nSPS) is 10.6. The number of anilines is 1. The average Bonchev–Trinajstić information content (AvgIpc) is 2.42. The highest BCUT2D eigenvalue weighted by Crippen LogP contribution is 2.13. The van der Waals surface area contributed by atoms with Gasteiger partial charge in [-0.05, 0) is 23.8 Å². The molecule has 2 aromatic carbocycles. The fraction of sp³-hybridized carbons (Fsp3) is 0.250. The first-order valence-electron chi connectivity index (χ1n) is 6.47. The Morgan fingerprint density at radius 1 is 0.950 bits per heavy atom. The van der Waals surface area contributed by atoms with Gasteiger partial charge in [0.2, 0.25) is 0 Å². The number of hydrogen-bond acceptors (Lipinski definition) is 2. The van der Waals surface area contributed by atoms with Crippen LogP contribution < -0.4 is 10.2 Å². The minimum atomic E-state index is -0.550. The first-order chi connectivity index (χ1) is 9.56. The van der Waals surface area contributed by atoms with Crippen molar-refractivity contribution in [3.05, 3.63) is 65.2 Å². The predicted octanol–water partition coefficient (Wildman–Crippen LogP) is 3.32. The zero-order valence-electron chi connectivity index (χ0n) is 11.7. The second kappa shape index (κ2) is 6.48. The third-order valence-corrected chi connectivity index (χ3v) is 3.11. The van der Waals surface area contributed by atoms with Crippen LogP contribution in [0.2, 0.25) is 0 Å². The Hall–Kier alpha value is -1.94. The van der Waals surface area contributed by atoms with Crippen molar-refractivity contribution in [1.29, 1.82) is 0 Å². The summed E-state index contributed by atoms with van der Waals surface area (Å²) in [6.45, 7) is 1.02. The van der Waals surface area contributed by atoms with Gasteiger partial charge in [0.1, 0.15) is 11.6 Å². The summed E-state index contributed by atoms with van der Waals surface area (Å²) in [7, 11) is 3.98. The molecule has 0 unspecified atom stereocenters. The summed E-state index contributed by atoms with van der Waals surface area (Å²) in [6.07, 6.45) is 0. The Morgan fingerprint density at radius 3 is 2.25 bits per heavy atom. The largest absolute Gasteiger partial charge is 0.378 e. The van der Waals surface area contributed by atoms with Crippen LogP contribution in [0.1, 0.15) is 11.1 Å². The molecule has 106 valence electrons. The molecule has 0 bridgehead atoms. The quantitative estimate of drug-likeness (QED) is 0.901. The van der Waals surface area contributed by atoms with Crippen molar-refractivity contribution in [2.75, 3.05) is 19.0 Å². The molecule has 0 saturated heterocycles. The second-order valence-corrected chi connectivity index (χ2v) is 4.90. The lowest BCUT2D eigenvalue weighted by molar-refractivity contribution is 0.560. The Morgan fingerprint density at radius 2 is 1.65 bits per heavy atom. The SMILES string of the molecule is CN(C)c1ccc(CNCc2ccc(F)cc2F)cc1. The zero-order chi connectivity index (χ0) is 14.5. The fourth-order valence-corrected chi connectivity index (χ4v) is 1.92. The summed E-state index contributed by atoms with van der Waals surface area (Å²) in [5.74, 6) is -1.06. The van der Waals surface area contributed by atoms with Crippen molar-refractivity contribution in [2.45, 2.75) is 13.1 Å². The molecule has 0 radical (unpaired) electrons. The van der Waals surface area contributed by atoms with Gasteiger partial charge in [0.25, 0.3) is 0 Å². The van der Waals surface area contributed by atoms with Gasteiger partial charge in [-0.1, -0.05) is 18.2 Å². The van der Waals surface area contributed by atoms with Crippen LogP contribution in [0, 0.1) is 11.6 Å². The van der Waals surface area contributed by atoms with Gasteiger partial charge < -0.3 is 10.2 Å². The molecule has 20 heavy (non-hydrogen) atoms. The summed E-state index contributed by atoms with van der Waals surface area (Å²) in [6, 6.07) is 11.8. The molecule has 0 aromatic heterocycles. The van der Waals surface area contributed by atoms with Gasteiger partial charge in [-0.2, -0.15) is 0 Å². The van der Waals surface area contributed by atoms with Crippen LogP contribution >= 0.6 is 0 Å². The molecule has 0 fully saturated rings. The monoisotopic (exact) mass is 276 g/mol. The molecule has 2 aromatic rings. The summed E-state index contributed by atoms with van der Waals surface area (Å²) in [4.78, 5) is 2.03. The number of nitrogens with zero attached hydrogens (tertiary/aromatic N) is 1. The van der Waals surface area contributed by atoms with Crippen LogP contribution in [0.3, 0.4) is 0 Å². The van der Waals surface area contributed by atoms with Gasteiger partial charge in [-0.15, -0.1) is 0 Å². The van der Waals surface area contributed by atoms with Gasteiger partial charge in [-0.25, -0.2) is 8.78 Å². The molecule has 2 nitrogen and oxygen atoms in total. The van der Waals surface area contributed by atoms with Crippen LogP contribution in [0.15, 0.2) is 42.5 Å². The van der Waals surface area contributed by atoms with E-state index in [4.69, 9.17) is 0 Å². The lowest BCUT2D eigenvalue weighted by atomic mass is 10.1. The summed E-state index contributed by atoms with van der Waals surface area (Å²) < 4.78 is 26.2. The summed E-state index contributed by atoms with van der Waals surface area (Å²) in [5.41, 5.74) is 2.73. The molecule has 4 heteroatoms. The van der Waals surface area contributed by atoms with Crippen molar-refractivity contribution in [1.82, 2.24) is 5.32 Å². The Labute approximate surface area is 118 Å². The lowest BCUT2D eigenvalue weighted by Gasteiger charge is -2.13. The van der Waals surface area contributed by atoms with E-state index in [9.17, 15) is 8.78 Å². The van der Waals surface area contributed by atoms with E-state index in [1.54, 1.807) is 0 Å². The number of nitrogens with one attached hydrogen (secondary N) is 1. The minimum absolute atomic E-state index is 0.377. The summed E-state index contributed by atoms with van der Waals surface area (Å²) >= 11 is 0. The van der Waals surface area contributed by atoms with Crippen LogP contribution in [-0.2, 0) is 13.1 Å². The van der Waals surface area contributed by atoms with Crippen LogP contribution in [-0.4, -0.2) is 14.1 Å². The van der Waals surface area contributed by atoms with Crippen molar-refractivity contribution in [3.63, 3.8) is 0 Å². The van der Waals surface area contributed by atoms with Gasteiger partial charge in [0, 0.05) is 44.5 Å². The van der Waals surface area contributed by atoms with Crippen molar-refractivity contribution < 1.29 is 8.78 Å². The molecule has 0 amide bonds. The summed E-state index contributed by atoms with van der Waals surface area (Å²) in [5, 5.41) is 3.15. The number of benzene rings is 2. The highest BCUT2D eigenvalue weighted by atomic mass is 19.1.